The molecule has 1 aromatic rings. The van der Waals surface area contributed by atoms with Crippen LogP contribution in [0.3, 0.4) is 0 Å². The Bertz CT molecular complexity index is 531. The van der Waals surface area contributed by atoms with E-state index in [9.17, 15) is 4.79 Å². The van der Waals surface area contributed by atoms with Gasteiger partial charge in [-0.3, -0.25) is 4.79 Å². The molecule has 1 amide bonds. The van der Waals surface area contributed by atoms with Crippen molar-refractivity contribution in [1.29, 1.82) is 0 Å². The smallest absolute Gasteiger partial charge is 0.269 e. The Balaban J connectivity index is 2.05. The van der Waals surface area contributed by atoms with Gasteiger partial charge in [0.25, 0.3) is 5.91 Å². The number of rotatable bonds is 5. The molecular formula is C14H19Cl2N3O2. The van der Waals surface area contributed by atoms with Crippen molar-refractivity contribution in [2.45, 2.75) is 25.5 Å². The van der Waals surface area contributed by atoms with Gasteiger partial charge in [-0.25, -0.2) is 0 Å². The Morgan fingerprint density at radius 1 is 1.52 bits per heavy atom. The van der Waals surface area contributed by atoms with Crippen LogP contribution in [0.2, 0.25) is 10.0 Å². The van der Waals surface area contributed by atoms with Crippen molar-refractivity contribution in [3.05, 3.63) is 34.1 Å². The summed E-state index contributed by atoms with van der Waals surface area (Å²) in [6.45, 7) is 7.38. The summed E-state index contributed by atoms with van der Waals surface area (Å²) in [6.07, 6.45) is 2.39. The largest absolute Gasteiger partial charge is 0.371 e. The van der Waals surface area contributed by atoms with E-state index in [2.05, 4.69) is 22.2 Å². The van der Waals surface area contributed by atoms with E-state index in [0.29, 0.717) is 29.6 Å². The third-order valence-electron chi connectivity index (χ3n) is 3.45. The Morgan fingerprint density at radius 3 is 2.90 bits per heavy atom. The summed E-state index contributed by atoms with van der Waals surface area (Å²) in [6, 6.07) is -0.0721. The SMILES string of the molecule is C=CCOC1CNCCC1NC(=O)c1[nH]c(C)c(Cl)c1Cl. The molecule has 1 aromatic heterocycles. The van der Waals surface area contributed by atoms with Gasteiger partial charge in [-0.05, 0) is 19.9 Å². The van der Waals surface area contributed by atoms with E-state index in [-0.39, 0.29) is 23.1 Å². The predicted molar refractivity (Wildman–Crippen MR) is 84.2 cm³/mol. The molecule has 1 saturated heterocycles. The number of carbonyl (C=O) groups excluding carboxylic acids is 1. The zero-order chi connectivity index (χ0) is 15.4. The van der Waals surface area contributed by atoms with Crippen molar-refractivity contribution >= 4 is 29.1 Å². The van der Waals surface area contributed by atoms with E-state index in [1.54, 1.807) is 13.0 Å². The van der Waals surface area contributed by atoms with Gasteiger partial charge in [0.2, 0.25) is 0 Å². The minimum absolute atomic E-state index is 0.0721. The number of amides is 1. The number of aromatic nitrogens is 1. The molecule has 1 aliphatic rings. The summed E-state index contributed by atoms with van der Waals surface area (Å²) in [4.78, 5) is 15.2. The lowest BCUT2D eigenvalue weighted by atomic mass is 10.0. The Hall–Kier alpha value is -1.01. The molecule has 2 unspecified atom stereocenters. The molecule has 5 nitrogen and oxygen atoms in total. The molecule has 1 fully saturated rings. The third kappa shape index (κ3) is 3.80. The molecule has 2 atom stereocenters. The Morgan fingerprint density at radius 2 is 2.29 bits per heavy atom. The van der Waals surface area contributed by atoms with E-state index in [0.717, 1.165) is 13.0 Å². The first-order chi connectivity index (χ1) is 10.0. The first kappa shape index (κ1) is 16.4. The summed E-state index contributed by atoms with van der Waals surface area (Å²) in [5.74, 6) is -0.269. The lowest BCUT2D eigenvalue weighted by Gasteiger charge is -2.32. The van der Waals surface area contributed by atoms with Gasteiger partial charge < -0.3 is 20.4 Å². The number of piperidine rings is 1. The van der Waals surface area contributed by atoms with Crippen LogP contribution in [0.5, 0.6) is 0 Å². The van der Waals surface area contributed by atoms with Crippen LogP contribution >= 0.6 is 23.2 Å². The van der Waals surface area contributed by atoms with Gasteiger partial charge in [0, 0.05) is 12.2 Å². The lowest BCUT2D eigenvalue weighted by molar-refractivity contribution is 0.0289. The van der Waals surface area contributed by atoms with Gasteiger partial charge >= 0.3 is 0 Å². The standard InChI is InChI=1S/C14H19Cl2N3O2/c1-3-6-21-10-7-17-5-4-9(10)19-14(20)13-12(16)11(15)8(2)18-13/h3,9-10,17-18H,1,4-7H2,2H3,(H,19,20). The fourth-order valence-corrected chi connectivity index (χ4v) is 2.75. The number of aromatic amines is 1. The van der Waals surface area contributed by atoms with Crippen LogP contribution in [0.15, 0.2) is 12.7 Å². The van der Waals surface area contributed by atoms with E-state index in [1.165, 1.54) is 0 Å². The normalized spacial score (nSPS) is 22.0. The van der Waals surface area contributed by atoms with Crippen molar-refractivity contribution in [3.8, 4) is 0 Å². The van der Waals surface area contributed by atoms with Crippen molar-refractivity contribution in [2.75, 3.05) is 19.7 Å². The van der Waals surface area contributed by atoms with Gasteiger partial charge in [-0.15, -0.1) is 6.58 Å². The monoisotopic (exact) mass is 331 g/mol. The molecule has 0 saturated carbocycles. The molecule has 0 radical (unpaired) electrons. The summed E-state index contributed by atoms with van der Waals surface area (Å²) in [7, 11) is 0. The second-order valence-corrected chi connectivity index (χ2v) is 5.74. The molecule has 21 heavy (non-hydrogen) atoms. The summed E-state index contributed by atoms with van der Waals surface area (Å²) < 4.78 is 5.68. The van der Waals surface area contributed by atoms with Crippen LogP contribution in [0.4, 0.5) is 0 Å². The van der Waals surface area contributed by atoms with Gasteiger partial charge in [0.15, 0.2) is 0 Å². The van der Waals surface area contributed by atoms with Crippen LogP contribution in [0.1, 0.15) is 22.6 Å². The number of aryl methyl sites for hydroxylation is 1. The topological polar surface area (TPSA) is 66.2 Å². The van der Waals surface area contributed by atoms with Crippen LogP contribution in [-0.4, -0.2) is 42.7 Å². The molecule has 0 spiro atoms. The van der Waals surface area contributed by atoms with Crippen LogP contribution in [-0.2, 0) is 4.74 Å². The summed E-state index contributed by atoms with van der Waals surface area (Å²) in [5, 5.41) is 6.84. The number of hydrogen-bond donors (Lipinski definition) is 3. The summed E-state index contributed by atoms with van der Waals surface area (Å²) >= 11 is 12.1. The average Bonchev–Trinajstić information content (AvgIpc) is 2.74. The first-order valence-electron chi connectivity index (χ1n) is 6.82. The van der Waals surface area contributed by atoms with E-state index in [4.69, 9.17) is 27.9 Å². The fourth-order valence-electron chi connectivity index (χ4n) is 2.33. The average molecular weight is 332 g/mol. The van der Waals surface area contributed by atoms with E-state index in [1.807, 2.05) is 0 Å². The fraction of sp³-hybridized carbons (Fsp3) is 0.500. The molecule has 2 rings (SSSR count). The zero-order valence-electron chi connectivity index (χ0n) is 11.8. The van der Waals surface area contributed by atoms with Crippen molar-refractivity contribution in [1.82, 2.24) is 15.6 Å². The number of carbonyl (C=O) groups is 1. The number of H-pyrrole nitrogens is 1. The van der Waals surface area contributed by atoms with Crippen molar-refractivity contribution in [2.24, 2.45) is 0 Å². The maximum atomic E-state index is 12.3. The Kier molecular flexibility index (Phi) is 5.70. The molecular weight excluding hydrogens is 313 g/mol. The molecule has 0 aliphatic carbocycles. The van der Waals surface area contributed by atoms with Crippen LogP contribution in [0.25, 0.3) is 0 Å². The van der Waals surface area contributed by atoms with Gasteiger partial charge in [0.05, 0.1) is 28.8 Å². The molecule has 1 aliphatic heterocycles. The van der Waals surface area contributed by atoms with E-state index < -0.39 is 0 Å². The highest BCUT2D eigenvalue weighted by molar-refractivity contribution is 6.44. The minimum Gasteiger partial charge on any atom is -0.371 e. The highest BCUT2D eigenvalue weighted by Gasteiger charge is 2.28. The van der Waals surface area contributed by atoms with Crippen LogP contribution in [0, 0.1) is 6.92 Å². The van der Waals surface area contributed by atoms with Crippen molar-refractivity contribution in [3.63, 3.8) is 0 Å². The van der Waals surface area contributed by atoms with Gasteiger partial charge in [-0.1, -0.05) is 29.3 Å². The van der Waals surface area contributed by atoms with Gasteiger partial charge in [-0.2, -0.15) is 0 Å². The number of nitrogens with one attached hydrogen (secondary N) is 3. The quantitative estimate of drug-likeness (QED) is 0.725. The highest BCUT2D eigenvalue weighted by atomic mass is 35.5. The number of halogens is 2. The lowest BCUT2D eigenvalue weighted by Crippen LogP contribution is -2.53. The predicted octanol–water partition coefficient (Wildman–Crippen LogP) is 2.29. The Labute approximate surface area is 134 Å². The maximum absolute atomic E-state index is 12.3. The first-order valence-corrected chi connectivity index (χ1v) is 7.57. The second-order valence-electron chi connectivity index (χ2n) is 4.99. The number of hydrogen-bond acceptors (Lipinski definition) is 3. The van der Waals surface area contributed by atoms with E-state index >= 15 is 0 Å². The molecule has 0 bridgehead atoms. The number of ether oxygens (including phenoxy) is 1. The molecule has 0 aromatic carbocycles. The van der Waals surface area contributed by atoms with Crippen molar-refractivity contribution < 1.29 is 9.53 Å². The molecule has 2 heterocycles. The van der Waals surface area contributed by atoms with Crippen LogP contribution < -0.4 is 10.6 Å². The summed E-state index contributed by atoms with van der Waals surface area (Å²) in [5.41, 5.74) is 0.969. The highest BCUT2D eigenvalue weighted by Crippen LogP contribution is 2.29. The molecule has 3 N–H and O–H groups in total. The second kappa shape index (κ2) is 7.31. The molecule has 7 heteroatoms. The zero-order valence-corrected chi connectivity index (χ0v) is 13.4. The maximum Gasteiger partial charge on any atom is 0.269 e. The third-order valence-corrected chi connectivity index (χ3v) is 4.40. The van der Waals surface area contributed by atoms with Gasteiger partial charge in [0.1, 0.15) is 5.69 Å². The molecule has 116 valence electrons. The minimum atomic E-state index is -0.269.